The normalized spacial score (nSPS) is 14.0. The molecule has 0 radical (unpaired) electrons. The minimum atomic E-state index is -3.84. The zero-order valence-corrected chi connectivity index (χ0v) is 21.6. The lowest BCUT2D eigenvalue weighted by atomic mass is 10.2. The molecule has 1 N–H and O–H groups in total. The molecule has 0 spiro atoms. The molecule has 0 bridgehead atoms. The van der Waals surface area contributed by atoms with Crippen LogP contribution in [0.3, 0.4) is 0 Å². The lowest BCUT2D eigenvalue weighted by Gasteiger charge is -2.26. The highest BCUT2D eigenvalue weighted by atomic mass is 32.2. The Morgan fingerprint density at radius 3 is 2.23 bits per heavy atom. The van der Waals surface area contributed by atoms with Gasteiger partial charge in [0.2, 0.25) is 10.0 Å². The molecule has 1 saturated heterocycles. The highest BCUT2D eigenvalue weighted by Gasteiger charge is 2.27. The van der Waals surface area contributed by atoms with Gasteiger partial charge in [0.05, 0.1) is 23.8 Å². The van der Waals surface area contributed by atoms with Crippen LogP contribution in [-0.2, 0) is 14.8 Å². The minimum absolute atomic E-state index is 0.00711. The lowest BCUT2D eigenvalue weighted by molar-refractivity contribution is 0.0730. The number of hydrogen-bond donors (Lipinski definition) is 1. The molecule has 1 fully saturated rings. The highest BCUT2D eigenvalue weighted by Crippen LogP contribution is 2.34. The van der Waals surface area contributed by atoms with Crippen molar-refractivity contribution in [3.8, 4) is 23.0 Å². The number of halogens is 1. The largest absolute Gasteiger partial charge is 0.457 e. The van der Waals surface area contributed by atoms with E-state index in [1.807, 2.05) is 18.2 Å². The average molecular weight is 549 g/mol. The Balaban J connectivity index is 1.44. The molecule has 1 heterocycles. The molecule has 1 amide bonds. The van der Waals surface area contributed by atoms with Crippen LogP contribution in [0.1, 0.15) is 10.4 Å². The fourth-order valence-corrected chi connectivity index (χ4v) is 5.38. The van der Waals surface area contributed by atoms with Crippen LogP contribution in [0, 0.1) is 5.82 Å². The van der Waals surface area contributed by atoms with Crippen LogP contribution in [0.25, 0.3) is 0 Å². The van der Waals surface area contributed by atoms with E-state index in [0.717, 1.165) is 0 Å². The quantitative estimate of drug-likeness (QED) is 0.304. The Kier molecular flexibility index (Phi) is 7.87. The first-order valence-electron chi connectivity index (χ1n) is 12.2. The number of carbonyl (C=O) groups excluding carboxylic acids is 1. The molecule has 1 aliphatic heterocycles. The predicted octanol–water partition coefficient (Wildman–Crippen LogP) is 5.68. The summed E-state index contributed by atoms with van der Waals surface area (Å²) in [5.74, 6) is 0.645. The average Bonchev–Trinajstić information content (AvgIpc) is 2.96. The molecule has 8 nitrogen and oxygen atoms in total. The number of anilines is 1. The van der Waals surface area contributed by atoms with Crippen molar-refractivity contribution in [3.05, 3.63) is 108 Å². The molecule has 0 unspecified atom stereocenters. The molecular weight excluding hydrogens is 523 g/mol. The zero-order chi connectivity index (χ0) is 27.2. The third kappa shape index (κ3) is 6.43. The van der Waals surface area contributed by atoms with Gasteiger partial charge in [0.15, 0.2) is 5.75 Å². The van der Waals surface area contributed by atoms with Crippen LogP contribution in [0.5, 0.6) is 23.0 Å². The molecule has 200 valence electrons. The fourth-order valence-electron chi connectivity index (χ4n) is 3.94. The number of benzene rings is 4. The van der Waals surface area contributed by atoms with Crippen LogP contribution >= 0.6 is 0 Å². The Morgan fingerprint density at radius 1 is 0.795 bits per heavy atom. The Morgan fingerprint density at radius 2 is 1.49 bits per heavy atom. The van der Waals surface area contributed by atoms with Gasteiger partial charge in [-0.2, -0.15) is 4.31 Å². The second-order valence-electron chi connectivity index (χ2n) is 8.63. The van der Waals surface area contributed by atoms with Crippen LogP contribution in [-0.4, -0.2) is 44.9 Å². The van der Waals surface area contributed by atoms with Crippen molar-refractivity contribution in [1.82, 2.24) is 4.31 Å². The number of ether oxygens (including phenoxy) is 3. The van der Waals surface area contributed by atoms with Crippen molar-refractivity contribution in [1.29, 1.82) is 0 Å². The van der Waals surface area contributed by atoms with Gasteiger partial charge < -0.3 is 19.5 Å². The van der Waals surface area contributed by atoms with Crippen molar-refractivity contribution >= 4 is 21.6 Å². The van der Waals surface area contributed by atoms with Gasteiger partial charge >= 0.3 is 0 Å². The summed E-state index contributed by atoms with van der Waals surface area (Å²) < 4.78 is 58.3. The molecule has 5 rings (SSSR count). The summed E-state index contributed by atoms with van der Waals surface area (Å²) in [5, 5.41) is 2.76. The minimum Gasteiger partial charge on any atom is -0.457 e. The van der Waals surface area contributed by atoms with Gasteiger partial charge in [0.25, 0.3) is 5.91 Å². The van der Waals surface area contributed by atoms with Gasteiger partial charge in [0, 0.05) is 18.7 Å². The molecule has 0 saturated carbocycles. The number of sulfonamides is 1. The van der Waals surface area contributed by atoms with Crippen LogP contribution in [0.4, 0.5) is 10.1 Å². The molecule has 39 heavy (non-hydrogen) atoms. The first-order valence-corrected chi connectivity index (χ1v) is 13.6. The summed E-state index contributed by atoms with van der Waals surface area (Å²) in [6.45, 7) is 1.06. The SMILES string of the molecule is O=C(Nc1cc(S(=O)(=O)N2CCOCC2)ccc1Oc1ccc(F)cc1)c1cccc(Oc2ccccc2)c1. The second-order valence-corrected chi connectivity index (χ2v) is 10.6. The molecular formula is C29H25FN2O6S. The van der Waals surface area contributed by atoms with E-state index in [1.165, 1.54) is 46.8 Å². The van der Waals surface area contributed by atoms with Crippen molar-refractivity contribution in [2.45, 2.75) is 4.90 Å². The van der Waals surface area contributed by atoms with Crippen molar-refractivity contribution in [2.75, 3.05) is 31.6 Å². The smallest absolute Gasteiger partial charge is 0.255 e. The lowest BCUT2D eigenvalue weighted by Crippen LogP contribution is -2.40. The summed E-state index contributed by atoms with van der Waals surface area (Å²) in [4.78, 5) is 13.3. The van der Waals surface area contributed by atoms with E-state index in [4.69, 9.17) is 14.2 Å². The molecule has 4 aromatic carbocycles. The number of morpholine rings is 1. The van der Waals surface area contributed by atoms with E-state index in [9.17, 15) is 17.6 Å². The van der Waals surface area contributed by atoms with E-state index < -0.39 is 21.7 Å². The van der Waals surface area contributed by atoms with Gasteiger partial charge in [-0.1, -0.05) is 24.3 Å². The number of nitrogens with one attached hydrogen (secondary N) is 1. The molecule has 1 aliphatic rings. The van der Waals surface area contributed by atoms with Gasteiger partial charge in [-0.25, -0.2) is 12.8 Å². The summed E-state index contributed by atoms with van der Waals surface area (Å²) in [6, 6.07) is 25.3. The molecule has 4 aromatic rings. The number of amides is 1. The number of hydrogen-bond acceptors (Lipinski definition) is 6. The number of para-hydroxylation sites is 1. The van der Waals surface area contributed by atoms with Crippen molar-refractivity contribution < 1.29 is 31.8 Å². The van der Waals surface area contributed by atoms with Crippen molar-refractivity contribution in [3.63, 3.8) is 0 Å². The molecule has 0 aliphatic carbocycles. The topological polar surface area (TPSA) is 94.2 Å². The van der Waals surface area contributed by atoms with Crippen LogP contribution in [0.2, 0.25) is 0 Å². The highest BCUT2D eigenvalue weighted by molar-refractivity contribution is 7.89. The monoisotopic (exact) mass is 548 g/mol. The number of nitrogens with zero attached hydrogens (tertiary/aromatic N) is 1. The maximum atomic E-state index is 13.4. The van der Waals surface area contributed by atoms with Gasteiger partial charge in [0.1, 0.15) is 23.1 Å². The van der Waals surface area contributed by atoms with E-state index in [1.54, 1.807) is 36.4 Å². The van der Waals surface area contributed by atoms with Gasteiger partial charge in [-0.05, 0) is 72.8 Å². The Labute approximate surface area is 225 Å². The van der Waals surface area contributed by atoms with Gasteiger partial charge in [-0.3, -0.25) is 4.79 Å². The first kappa shape index (κ1) is 26.4. The van der Waals surface area contributed by atoms with E-state index >= 15 is 0 Å². The summed E-state index contributed by atoms with van der Waals surface area (Å²) >= 11 is 0. The third-order valence-corrected chi connectivity index (χ3v) is 7.82. The fraction of sp³-hybridized carbons (Fsp3) is 0.138. The van der Waals surface area contributed by atoms with Crippen LogP contribution in [0.15, 0.2) is 102 Å². The number of carbonyl (C=O) groups is 1. The Hall–Kier alpha value is -4.25. The summed E-state index contributed by atoms with van der Waals surface area (Å²) in [5.41, 5.74) is 0.422. The zero-order valence-electron chi connectivity index (χ0n) is 20.7. The third-order valence-electron chi connectivity index (χ3n) is 5.92. The second kappa shape index (κ2) is 11.6. The maximum Gasteiger partial charge on any atom is 0.255 e. The summed E-state index contributed by atoms with van der Waals surface area (Å²) in [7, 11) is -3.84. The number of rotatable bonds is 8. The van der Waals surface area contributed by atoms with E-state index in [0.29, 0.717) is 30.5 Å². The van der Waals surface area contributed by atoms with E-state index in [-0.39, 0.29) is 35.0 Å². The first-order chi connectivity index (χ1) is 18.9. The standard InChI is InChI=1S/C29H25FN2O6S/c30-22-9-11-24(12-10-22)38-28-14-13-26(39(34,35)32-15-17-36-18-16-32)20-27(28)31-29(33)21-5-4-8-25(19-21)37-23-6-2-1-3-7-23/h1-14,19-20H,15-18H2,(H,31,33). The summed E-state index contributed by atoms with van der Waals surface area (Å²) in [6.07, 6.45) is 0. The van der Waals surface area contributed by atoms with Gasteiger partial charge in [-0.15, -0.1) is 0 Å². The Bertz CT molecular complexity index is 1560. The molecule has 0 atom stereocenters. The van der Waals surface area contributed by atoms with Crippen molar-refractivity contribution in [2.24, 2.45) is 0 Å². The predicted molar refractivity (Wildman–Crippen MR) is 143 cm³/mol. The van der Waals surface area contributed by atoms with E-state index in [2.05, 4.69) is 5.32 Å². The molecule has 0 aromatic heterocycles. The van der Waals surface area contributed by atoms with Crippen LogP contribution < -0.4 is 14.8 Å². The molecule has 10 heteroatoms. The maximum absolute atomic E-state index is 13.4.